The summed E-state index contributed by atoms with van der Waals surface area (Å²) in [5.74, 6) is 0. The van der Waals surface area contributed by atoms with Crippen LogP contribution in [0.1, 0.15) is 38.2 Å². The molecule has 0 fully saturated rings. The zero-order valence-corrected chi connectivity index (χ0v) is 15.9. The Morgan fingerprint density at radius 3 is 2.88 bits per heavy atom. The van der Waals surface area contributed by atoms with Gasteiger partial charge in [0.1, 0.15) is 4.33 Å². The van der Waals surface area contributed by atoms with E-state index in [0.29, 0.717) is 22.9 Å². The van der Waals surface area contributed by atoms with Gasteiger partial charge in [-0.05, 0) is 49.0 Å². The molecule has 1 aliphatic carbocycles. The highest BCUT2D eigenvalue weighted by molar-refractivity contribution is 7.93. The molecule has 0 amide bonds. The number of hydrogen-bond acceptors (Lipinski definition) is 6. The van der Waals surface area contributed by atoms with Crippen LogP contribution in [-0.2, 0) is 6.54 Å². The van der Waals surface area contributed by atoms with Crippen LogP contribution in [0.2, 0.25) is 0 Å². The first-order valence-corrected chi connectivity index (χ1v) is 9.91. The molecule has 2 atom stereocenters. The molecule has 0 radical (unpaired) electrons. The van der Waals surface area contributed by atoms with E-state index in [1.807, 2.05) is 30.3 Å². The molecule has 0 saturated carbocycles. The molecular weight excluding hydrogens is 348 g/mol. The second kappa shape index (κ2) is 8.70. The molecule has 0 bridgehead atoms. The number of nitrogens with one attached hydrogen (secondary N) is 2. The Kier molecular flexibility index (Phi) is 6.34. The van der Waals surface area contributed by atoms with Crippen LogP contribution in [0.5, 0.6) is 0 Å². The minimum absolute atomic E-state index is 0.250. The Morgan fingerprint density at radius 1 is 1.46 bits per heavy atom. The predicted octanol–water partition coefficient (Wildman–Crippen LogP) is 3.65. The van der Waals surface area contributed by atoms with Crippen molar-refractivity contribution in [3.63, 3.8) is 0 Å². The van der Waals surface area contributed by atoms with Crippen LogP contribution < -0.4 is 10.7 Å². The second-order valence-corrected chi connectivity index (χ2v) is 7.70. The first kappa shape index (κ1) is 18.9. The molecule has 1 aromatic carbocycles. The van der Waals surface area contributed by atoms with Gasteiger partial charge in [-0.3, -0.25) is 10.1 Å². The van der Waals surface area contributed by atoms with Crippen molar-refractivity contribution in [3.05, 3.63) is 63.9 Å². The lowest BCUT2D eigenvalue weighted by Crippen LogP contribution is -2.36. The Bertz CT molecular complexity index is 689. The maximum absolute atomic E-state index is 10.5. The van der Waals surface area contributed by atoms with Crippen LogP contribution in [-0.4, -0.2) is 28.0 Å². The fraction of sp³-hybridized carbons (Fsp3) is 0.474. The van der Waals surface area contributed by atoms with Gasteiger partial charge in [0.15, 0.2) is 0 Å². The third-order valence-corrected chi connectivity index (χ3v) is 5.58. The number of hydrogen-bond donors (Lipinski definition) is 2. The van der Waals surface area contributed by atoms with E-state index in [4.69, 9.17) is 0 Å². The van der Waals surface area contributed by atoms with Gasteiger partial charge in [-0.2, -0.15) is 0 Å². The summed E-state index contributed by atoms with van der Waals surface area (Å²) in [6, 6.07) is 8.23. The van der Waals surface area contributed by atoms with E-state index in [0.717, 1.165) is 44.3 Å². The Hall–Kier alpha value is -1.83. The average Bonchev–Trinajstić information content (AvgIpc) is 2.98. The Labute approximate surface area is 159 Å². The molecule has 0 saturated heterocycles. The van der Waals surface area contributed by atoms with Crippen LogP contribution in [0.4, 0.5) is 0 Å². The molecule has 3 rings (SSSR count). The number of nitrogens with zero attached hydrogens (tertiary/aromatic N) is 2. The topological polar surface area (TPSA) is 70.4 Å². The van der Waals surface area contributed by atoms with Gasteiger partial charge in [-0.1, -0.05) is 25.1 Å². The third-order valence-electron chi connectivity index (χ3n) is 4.94. The SMILES string of the molecule is C=CC1NN(CCC)C2=C1CC(NCc1ccc(S[N+](=O)[O-])cc1)CC2. The standard InChI is InChI=1S/C19H26N4O2S/c1-3-11-22-19-10-7-15(12-17(19)18(4-2)21-22)20-13-14-5-8-16(9-6-14)26-23(24)25/h4-6,8-9,15,18,20-21H,2-3,7,10-13H2,1H3. The summed E-state index contributed by atoms with van der Waals surface area (Å²) in [5.41, 5.74) is 7.63. The molecule has 26 heavy (non-hydrogen) atoms. The molecule has 2 N–H and O–H groups in total. The van der Waals surface area contributed by atoms with Crippen molar-refractivity contribution in [3.8, 4) is 0 Å². The minimum atomic E-state index is -0.381. The van der Waals surface area contributed by atoms with Gasteiger partial charge in [0.25, 0.3) is 11.9 Å². The van der Waals surface area contributed by atoms with E-state index in [1.165, 1.54) is 11.3 Å². The molecule has 1 aromatic rings. The molecule has 1 heterocycles. The molecule has 140 valence electrons. The van der Waals surface area contributed by atoms with Gasteiger partial charge in [0.05, 0.1) is 10.9 Å². The summed E-state index contributed by atoms with van der Waals surface area (Å²) in [6.07, 6.45) is 6.37. The molecular formula is C19H26N4O2S. The van der Waals surface area contributed by atoms with Crippen molar-refractivity contribution >= 4 is 11.9 Å². The lowest BCUT2D eigenvalue weighted by Gasteiger charge is -2.28. The minimum Gasteiger partial charge on any atom is -0.312 e. The summed E-state index contributed by atoms with van der Waals surface area (Å²) in [4.78, 5) is 11.2. The van der Waals surface area contributed by atoms with E-state index in [9.17, 15) is 10.1 Å². The highest BCUT2D eigenvalue weighted by Gasteiger charge is 2.33. The zero-order valence-electron chi connectivity index (χ0n) is 15.1. The van der Waals surface area contributed by atoms with E-state index in [1.54, 1.807) is 0 Å². The summed E-state index contributed by atoms with van der Waals surface area (Å²) in [7, 11) is 0. The fourth-order valence-corrected chi connectivity index (χ4v) is 4.13. The molecule has 1 aliphatic heterocycles. The molecule has 2 unspecified atom stereocenters. The van der Waals surface area contributed by atoms with Gasteiger partial charge in [-0.15, -0.1) is 6.58 Å². The Balaban J connectivity index is 1.56. The maximum Gasteiger partial charge on any atom is 0.265 e. The third kappa shape index (κ3) is 4.47. The van der Waals surface area contributed by atoms with E-state index in [-0.39, 0.29) is 10.4 Å². The van der Waals surface area contributed by atoms with E-state index >= 15 is 0 Å². The van der Waals surface area contributed by atoms with Gasteiger partial charge >= 0.3 is 0 Å². The summed E-state index contributed by atoms with van der Waals surface area (Å²) >= 11 is 0.645. The number of benzene rings is 1. The highest BCUT2D eigenvalue weighted by Crippen LogP contribution is 2.34. The smallest absolute Gasteiger partial charge is 0.265 e. The van der Waals surface area contributed by atoms with Crippen molar-refractivity contribution in [2.45, 2.75) is 56.1 Å². The summed E-state index contributed by atoms with van der Waals surface area (Å²) < 4.78 is -0.381. The van der Waals surface area contributed by atoms with Crippen molar-refractivity contribution in [2.24, 2.45) is 0 Å². The first-order chi connectivity index (χ1) is 12.6. The number of hydrazine groups is 1. The average molecular weight is 375 g/mol. The van der Waals surface area contributed by atoms with Crippen LogP contribution in [0.25, 0.3) is 0 Å². The predicted molar refractivity (Wildman–Crippen MR) is 105 cm³/mol. The van der Waals surface area contributed by atoms with Gasteiger partial charge < -0.3 is 10.3 Å². The second-order valence-electron chi connectivity index (χ2n) is 6.75. The monoisotopic (exact) mass is 374 g/mol. The van der Waals surface area contributed by atoms with Crippen molar-refractivity contribution in [2.75, 3.05) is 6.54 Å². The lowest BCUT2D eigenvalue weighted by molar-refractivity contribution is -0.284. The van der Waals surface area contributed by atoms with Crippen molar-refractivity contribution in [1.29, 1.82) is 0 Å². The van der Waals surface area contributed by atoms with Gasteiger partial charge in [-0.25, -0.2) is 5.43 Å². The quantitative estimate of drug-likeness (QED) is 0.313. The largest absolute Gasteiger partial charge is 0.312 e. The molecule has 0 aromatic heterocycles. The van der Waals surface area contributed by atoms with Gasteiger partial charge in [0.2, 0.25) is 0 Å². The molecule has 0 spiro atoms. The van der Waals surface area contributed by atoms with E-state index in [2.05, 4.69) is 29.3 Å². The number of allylic oxidation sites excluding steroid dienone is 1. The summed E-state index contributed by atoms with van der Waals surface area (Å²) in [5, 5.41) is 16.5. The molecule has 2 aliphatic rings. The van der Waals surface area contributed by atoms with Crippen LogP contribution in [0.15, 0.2) is 53.1 Å². The molecule has 7 heteroatoms. The van der Waals surface area contributed by atoms with Gasteiger partial charge in [0, 0.05) is 24.8 Å². The highest BCUT2D eigenvalue weighted by atomic mass is 32.2. The maximum atomic E-state index is 10.5. The van der Waals surface area contributed by atoms with Crippen LogP contribution in [0.3, 0.4) is 0 Å². The van der Waals surface area contributed by atoms with Crippen molar-refractivity contribution < 1.29 is 4.33 Å². The molecule has 6 nitrogen and oxygen atoms in total. The first-order valence-electron chi connectivity index (χ1n) is 9.13. The van der Waals surface area contributed by atoms with E-state index < -0.39 is 0 Å². The van der Waals surface area contributed by atoms with Crippen molar-refractivity contribution in [1.82, 2.24) is 15.8 Å². The normalized spacial score (nSPS) is 22.4. The number of rotatable bonds is 8. The lowest BCUT2D eigenvalue weighted by atomic mass is 9.88. The fourth-order valence-electron chi connectivity index (χ4n) is 3.70. The van der Waals surface area contributed by atoms with Crippen LogP contribution in [0, 0.1) is 10.1 Å². The van der Waals surface area contributed by atoms with Crippen LogP contribution >= 0.6 is 11.9 Å². The summed E-state index contributed by atoms with van der Waals surface area (Å²) in [6.45, 7) is 8.00. The number of nitro groups is 1. The zero-order chi connectivity index (χ0) is 18.5. The Morgan fingerprint density at radius 2 is 2.23 bits per heavy atom.